The molecule has 0 saturated carbocycles. The zero-order valence-electron chi connectivity index (χ0n) is 10.5. The summed E-state index contributed by atoms with van der Waals surface area (Å²) in [4.78, 5) is 11.4. The van der Waals surface area contributed by atoms with E-state index in [2.05, 4.69) is 11.9 Å². The van der Waals surface area contributed by atoms with Crippen LogP contribution in [0.25, 0.3) is 0 Å². The highest BCUT2D eigenvalue weighted by Crippen LogP contribution is 2.21. The Balaban J connectivity index is 2.44. The summed E-state index contributed by atoms with van der Waals surface area (Å²) in [5, 5.41) is 2.76. The largest absolute Gasteiger partial charge is 0.483 e. The lowest BCUT2D eigenvalue weighted by Gasteiger charge is -2.11. The molecule has 17 heavy (non-hydrogen) atoms. The first-order valence-corrected chi connectivity index (χ1v) is 5.71. The molecule has 0 heterocycles. The zero-order valence-corrected chi connectivity index (χ0v) is 10.5. The van der Waals surface area contributed by atoms with Crippen molar-refractivity contribution in [2.75, 3.05) is 13.2 Å². The third-order valence-corrected chi connectivity index (χ3v) is 2.43. The molecule has 3 heteroatoms. The normalized spacial score (nSPS) is 9.76. The van der Waals surface area contributed by atoms with Crippen LogP contribution < -0.4 is 10.1 Å². The summed E-state index contributed by atoms with van der Waals surface area (Å²) in [7, 11) is 0. The maximum Gasteiger partial charge on any atom is 0.257 e. The fourth-order valence-corrected chi connectivity index (χ4v) is 1.53. The molecule has 0 atom stereocenters. The van der Waals surface area contributed by atoms with E-state index in [1.807, 2.05) is 32.0 Å². The van der Waals surface area contributed by atoms with Crippen molar-refractivity contribution in [3.63, 3.8) is 0 Å². The van der Waals surface area contributed by atoms with E-state index in [1.165, 1.54) is 0 Å². The van der Waals surface area contributed by atoms with Gasteiger partial charge in [0, 0.05) is 6.54 Å². The van der Waals surface area contributed by atoms with Crippen LogP contribution in [0.15, 0.2) is 30.9 Å². The highest BCUT2D eigenvalue weighted by Gasteiger charge is 2.06. The molecule has 0 radical (unpaired) electrons. The Morgan fingerprint density at radius 3 is 2.65 bits per heavy atom. The maximum absolute atomic E-state index is 11.4. The van der Waals surface area contributed by atoms with Gasteiger partial charge < -0.3 is 10.1 Å². The molecule has 1 aromatic carbocycles. The van der Waals surface area contributed by atoms with Gasteiger partial charge in [0.05, 0.1) is 0 Å². The molecular weight excluding hydrogens is 214 g/mol. The molecule has 1 aromatic rings. The molecule has 0 aliphatic carbocycles. The molecule has 0 aliphatic rings. The van der Waals surface area contributed by atoms with E-state index in [-0.39, 0.29) is 12.5 Å². The van der Waals surface area contributed by atoms with Crippen LogP contribution in [0.3, 0.4) is 0 Å². The van der Waals surface area contributed by atoms with Crippen LogP contribution in [0.1, 0.15) is 17.5 Å². The maximum atomic E-state index is 11.4. The average molecular weight is 233 g/mol. The Bertz CT molecular complexity index is 379. The predicted octanol–water partition coefficient (Wildman–Crippen LogP) is 2.37. The van der Waals surface area contributed by atoms with E-state index < -0.39 is 0 Å². The van der Waals surface area contributed by atoms with Crippen molar-refractivity contribution in [2.45, 2.75) is 20.3 Å². The summed E-state index contributed by atoms with van der Waals surface area (Å²) < 4.78 is 5.52. The third kappa shape index (κ3) is 4.31. The summed E-state index contributed by atoms with van der Waals surface area (Å²) in [5.41, 5.74) is 2.09. The van der Waals surface area contributed by atoms with Crippen LogP contribution in [0, 0.1) is 13.8 Å². The summed E-state index contributed by atoms with van der Waals surface area (Å²) in [6.07, 6.45) is 2.54. The number of para-hydroxylation sites is 1. The molecule has 0 bridgehead atoms. The summed E-state index contributed by atoms with van der Waals surface area (Å²) >= 11 is 0. The second-order valence-electron chi connectivity index (χ2n) is 3.94. The molecule has 1 rings (SSSR count). The summed E-state index contributed by atoms with van der Waals surface area (Å²) in [6.45, 7) is 8.20. The number of ether oxygens (including phenoxy) is 1. The van der Waals surface area contributed by atoms with Crippen LogP contribution in [0.5, 0.6) is 5.75 Å². The van der Waals surface area contributed by atoms with E-state index in [0.717, 1.165) is 23.3 Å². The summed E-state index contributed by atoms with van der Waals surface area (Å²) in [6, 6.07) is 5.91. The lowest BCUT2D eigenvalue weighted by atomic mass is 10.1. The number of hydrogen-bond acceptors (Lipinski definition) is 2. The second-order valence-corrected chi connectivity index (χ2v) is 3.94. The van der Waals surface area contributed by atoms with Crippen molar-refractivity contribution in [1.82, 2.24) is 5.32 Å². The molecular formula is C14H19NO2. The number of rotatable bonds is 6. The van der Waals surface area contributed by atoms with E-state index in [4.69, 9.17) is 4.74 Å². The van der Waals surface area contributed by atoms with Gasteiger partial charge in [0.25, 0.3) is 5.91 Å². The number of nitrogens with one attached hydrogen (secondary N) is 1. The molecule has 0 aromatic heterocycles. The van der Waals surface area contributed by atoms with Crippen molar-refractivity contribution in [1.29, 1.82) is 0 Å². The van der Waals surface area contributed by atoms with E-state index in [9.17, 15) is 4.79 Å². The van der Waals surface area contributed by atoms with E-state index >= 15 is 0 Å². The van der Waals surface area contributed by atoms with Gasteiger partial charge in [-0.1, -0.05) is 24.3 Å². The van der Waals surface area contributed by atoms with Crippen molar-refractivity contribution < 1.29 is 9.53 Å². The van der Waals surface area contributed by atoms with Crippen molar-refractivity contribution in [3.8, 4) is 5.75 Å². The lowest BCUT2D eigenvalue weighted by Crippen LogP contribution is -2.29. The van der Waals surface area contributed by atoms with Crippen LogP contribution in [0.4, 0.5) is 0 Å². The quantitative estimate of drug-likeness (QED) is 0.605. The first kappa shape index (κ1) is 13.3. The van der Waals surface area contributed by atoms with Gasteiger partial charge in [-0.15, -0.1) is 6.58 Å². The van der Waals surface area contributed by atoms with Crippen LogP contribution in [-0.2, 0) is 4.79 Å². The third-order valence-electron chi connectivity index (χ3n) is 2.43. The molecule has 3 nitrogen and oxygen atoms in total. The zero-order chi connectivity index (χ0) is 12.7. The van der Waals surface area contributed by atoms with Crippen molar-refractivity contribution >= 4 is 5.91 Å². The highest BCUT2D eigenvalue weighted by molar-refractivity contribution is 5.77. The monoisotopic (exact) mass is 233 g/mol. The Hall–Kier alpha value is -1.77. The average Bonchev–Trinajstić information content (AvgIpc) is 2.29. The number of amides is 1. The minimum atomic E-state index is -0.102. The lowest BCUT2D eigenvalue weighted by molar-refractivity contribution is -0.123. The van der Waals surface area contributed by atoms with Gasteiger partial charge in [-0.05, 0) is 31.4 Å². The predicted molar refractivity (Wildman–Crippen MR) is 69.2 cm³/mol. The smallest absolute Gasteiger partial charge is 0.257 e. The topological polar surface area (TPSA) is 38.3 Å². The van der Waals surface area contributed by atoms with Gasteiger partial charge in [-0.3, -0.25) is 4.79 Å². The van der Waals surface area contributed by atoms with E-state index in [1.54, 1.807) is 6.08 Å². The van der Waals surface area contributed by atoms with Gasteiger partial charge in [-0.2, -0.15) is 0 Å². The SMILES string of the molecule is C=CCCNC(=O)COc1c(C)cccc1C. The number of carbonyl (C=O) groups excluding carboxylic acids is 1. The Morgan fingerprint density at radius 1 is 1.41 bits per heavy atom. The molecule has 0 saturated heterocycles. The molecule has 0 spiro atoms. The fraction of sp³-hybridized carbons (Fsp3) is 0.357. The minimum absolute atomic E-state index is 0.0584. The first-order chi connectivity index (χ1) is 8.15. The number of aryl methyl sites for hydroxylation is 2. The fourth-order valence-electron chi connectivity index (χ4n) is 1.53. The molecule has 1 N–H and O–H groups in total. The number of hydrogen-bond donors (Lipinski definition) is 1. The number of benzene rings is 1. The minimum Gasteiger partial charge on any atom is -0.483 e. The van der Waals surface area contributed by atoms with Gasteiger partial charge in [0.1, 0.15) is 5.75 Å². The summed E-state index contributed by atoms with van der Waals surface area (Å²) in [5.74, 6) is 0.695. The van der Waals surface area contributed by atoms with Gasteiger partial charge in [0.15, 0.2) is 6.61 Å². The molecule has 0 unspecified atom stereocenters. The molecule has 1 amide bonds. The van der Waals surface area contributed by atoms with Crippen molar-refractivity contribution in [3.05, 3.63) is 42.0 Å². The Kier molecular flexibility index (Phi) is 5.27. The molecule has 0 fully saturated rings. The van der Waals surface area contributed by atoms with Crippen LogP contribution >= 0.6 is 0 Å². The number of carbonyl (C=O) groups is 1. The second kappa shape index (κ2) is 6.74. The highest BCUT2D eigenvalue weighted by atomic mass is 16.5. The van der Waals surface area contributed by atoms with Gasteiger partial charge in [0.2, 0.25) is 0 Å². The Morgan fingerprint density at radius 2 is 2.06 bits per heavy atom. The first-order valence-electron chi connectivity index (χ1n) is 5.71. The van der Waals surface area contributed by atoms with Gasteiger partial charge in [-0.25, -0.2) is 0 Å². The van der Waals surface area contributed by atoms with Gasteiger partial charge >= 0.3 is 0 Å². The Labute approximate surface area is 102 Å². The molecule has 0 aliphatic heterocycles. The van der Waals surface area contributed by atoms with Crippen molar-refractivity contribution in [2.24, 2.45) is 0 Å². The molecule has 92 valence electrons. The van der Waals surface area contributed by atoms with Crippen LogP contribution in [-0.4, -0.2) is 19.1 Å². The standard InChI is InChI=1S/C14H19NO2/c1-4-5-9-15-13(16)10-17-14-11(2)7-6-8-12(14)3/h4,6-8H,1,5,9-10H2,2-3H3,(H,15,16). The van der Waals surface area contributed by atoms with Crippen LogP contribution in [0.2, 0.25) is 0 Å². The van der Waals surface area contributed by atoms with E-state index in [0.29, 0.717) is 6.54 Å².